The smallest absolute Gasteiger partial charge is 0.0857 e. The van der Waals surface area contributed by atoms with E-state index in [4.69, 9.17) is 11.6 Å². The van der Waals surface area contributed by atoms with E-state index < -0.39 is 6.10 Å². The molecule has 0 aliphatic carbocycles. The number of nitrogens with zero attached hydrogens (tertiary/aromatic N) is 2. The summed E-state index contributed by atoms with van der Waals surface area (Å²) in [4.78, 5) is 0. The Morgan fingerprint density at radius 1 is 1.40 bits per heavy atom. The van der Waals surface area contributed by atoms with Gasteiger partial charge in [0, 0.05) is 21.9 Å². The highest BCUT2D eigenvalue weighted by Gasteiger charge is 2.19. The summed E-state index contributed by atoms with van der Waals surface area (Å²) < 4.78 is 3.65. The Bertz CT molecular complexity index is 628. The van der Waals surface area contributed by atoms with Crippen molar-refractivity contribution in [3.8, 4) is 0 Å². The first-order valence-corrected chi connectivity index (χ1v) is 8.25. The van der Waals surface area contributed by atoms with Crippen LogP contribution in [0.3, 0.4) is 0 Å². The van der Waals surface area contributed by atoms with Crippen molar-refractivity contribution >= 4 is 43.5 Å². The molecule has 0 saturated heterocycles. The third-order valence-corrected chi connectivity index (χ3v) is 4.86. The molecule has 1 aromatic heterocycles. The van der Waals surface area contributed by atoms with Crippen LogP contribution in [0.25, 0.3) is 0 Å². The molecule has 0 amide bonds. The molecule has 0 bridgehead atoms. The Balaban J connectivity index is 2.32. The molecule has 2 rings (SSSR count). The normalized spacial score (nSPS) is 12.7. The zero-order chi connectivity index (χ0) is 14.9. The van der Waals surface area contributed by atoms with E-state index in [0.29, 0.717) is 11.4 Å². The maximum atomic E-state index is 10.5. The molecule has 3 nitrogen and oxygen atoms in total. The first-order valence-electron chi connectivity index (χ1n) is 6.28. The molecule has 2 aromatic rings. The van der Waals surface area contributed by atoms with Gasteiger partial charge in [-0.15, -0.1) is 0 Å². The van der Waals surface area contributed by atoms with Crippen molar-refractivity contribution in [3.63, 3.8) is 0 Å². The maximum Gasteiger partial charge on any atom is 0.0857 e. The van der Waals surface area contributed by atoms with Crippen molar-refractivity contribution in [3.05, 3.63) is 49.1 Å². The van der Waals surface area contributed by atoms with Gasteiger partial charge in [-0.25, -0.2) is 0 Å². The van der Waals surface area contributed by atoms with Crippen LogP contribution in [0, 0.1) is 6.92 Å². The summed E-state index contributed by atoms with van der Waals surface area (Å²) in [6, 6.07) is 5.74. The van der Waals surface area contributed by atoms with Gasteiger partial charge in [0.1, 0.15) is 0 Å². The number of aliphatic hydroxyl groups is 1. The van der Waals surface area contributed by atoms with Crippen molar-refractivity contribution in [1.29, 1.82) is 0 Å². The number of hydrogen-bond donors (Lipinski definition) is 1. The summed E-state index contributed by atoms with van der Waals surface area (Å²) >= 11 is 13.2. The molecule has 0 aliphatic rings. The van der Waals surface area contributed by atoms with Crippen LogP contribution in [0.5, 0.6) is 0 Å². The van der Waals surface area contributed by atoms with Crippen LogP contribution >= 0.6 is 43.5 Å². The Kier molecular flexibility index (Phi) is 5.29. The van der Waals surface area contributed by atoms with E-state index in [1.165, 1.54) is 0 Å². The molecule has 0 spiro atoms. The van der Waals surface area contributed by atoms with Crippen LogP contribution in [0.15, 0.2) is 27.1 Å². The van der Waals surface area contributed by atoms with E-state index in [-0.39, 0.29) is 0 Å². The minimum Gasteiger partial charge on any atom is -0.388 e. The molecule has 1 unspecified atom stereocenters. The summed E-state index contributed by atoms with van der Waals surface area (Å²) in [5.41, 5.74) is 2.49. The number of halogens is 3. The van der Waals surface area contributed by atoms with Crippen LogP contribution in [0.2, 0.25) is 5.02 Å². The quantitative estimate of drug-likeness (QED) is 0.778. The minimum absolute atomic E-state index is 0.433. The number of hydrogen-bond acceptors (Lipinski definition) is 2. The zero-order valence-corrected chi connectivity index (χ0v) is 15.1. The second kappa shape index (κ2) is 6.60. The lowest BCUT2D eigenvalue weighted by atomic mass is 10.0. The molecule has 6 heteroatoms. The molecule has 1 N–H and O–H groups in total. The van der Waals surface area contributed by atoms with E-state index >= 15 is 0 Å². The largest absolute Gasteiger partial charge is 0.388 e. The van der Waals surface area contributed by atoms with Gasteiger partial charge in [0.25, 0.3) is 0 Å². The Labute approximate surface area is 140 Å². The molecule has 1 aromatic carbocycles. The van der Waals surface area contributed by atoms with Crippen molar-refractivity contribution in [2.24, 2.45) is 0 Å². The maximum absolute atomic E-state index is 10.5. The highest BCUT2D eigenvalue weighted by atomic mass is 79.9. The van der Waals surface area contributed by atoms with Crippen molar-refractivity contribution in [1.82, 2.24) is 9.78 Å². The molecular formula is C14H15Br2ClN2O. The molecular weight excluding hydrogens is 407 g/mol. The SMILES string of the molecule is CCn1nc(C)c(Cl)c1CC(O)c1cc(Br)ccc1Br. The van der Waals surface area contributed by atoms with Gasteiger partial charge < -0.3 is 5.11 Å². The molecule has 0 fully saturated rings. The average Bonchev–Trinajstić information content (AvgIpc) is 2.69. The summed E-state index contributed by atoms with van der Waals surface area (Å²) in [6.45, 7) is 4.61. The predicted octanol–water partition coefficient (Wildman–Crippen LogP) is 4.67. The summed E-state index contributed by atoms with van der Waals surface area (Å²) in [5.74, 6) is 0. The van der Waals surface area contributed by atoms with Crippen molar-refractivity contribution in [2.45, 2.75) is 32.9 Å². The number of aryl methyl sites for hydroxylation is 2. The van der Waals surface area contributed by atoms with E-state index in [2.05, 4.69) is 37.0 Å². The highest BCUT2D eigenvalue weighted by molar-refractivity contribution is 9.11. The Morgan fingerprint density at radius 2 is 2.10 bits per heavy atom. The lowest BCUT2D eigenvalue weighted by molar-refractivity contribution is 0.174. The molecule has 20 heavy (non-hydrogen) atoms. The van der Waals surface area contributed by atoms with Gasteiger partial charge in [-0.3, -0.25) is 4.68 Å². The second-order valence-electron chi connectivity index (χ2n) is 4.55. The molecule has 0 aliphatic heterocycles. The summed E-state index contributed by atoms with van der Waals surface area (Å²) in [5, 5.41) is 15.5. The van der Waals surface area contributed by atoms with Gasteiger partial charge in [-0.2, -0.15) is 5.10 Å². The van der Waals surface area contributed by atoms with E-state index in [1.54, 1.807) is 0 Å². The zero-order valence-electron chi connectivity index (χ0n) is 11.2. The van der Waals surface area contributed by atoms with Crippen molar-refractivity contribution < 1.29 is 5.11 Å². The monoisotopic (exact) mass is 420 g/mol. The fourth-order valence-electron chi connectivity index (χ4n) is 2.13. The van der Waals surface area contributed by atoms with Gasteiger partial charge in [-0.1, -0.05) is 43.5 Å². The summed E-state index contributed by atoms with van der Waals surface area (Å²) in [7, 11) is 0. The van der Waals surface area contributed by atoms with Crippen LogP contribution in [-0.4, -0.2) is 14.9 Å². The third-order valence-electron chi connectivity index (χ3n) is 3.16. The van der Waals surface area contributed by atoms with Gasteiger partial charge in [0.05, 0.1) is 22.5 Å². The standard InChI is InChI=1S/C14H15Br2ClN2O/c1-3-19-12(14(17)8(2)18-19)7-13(20)10-6-9(15)4-5-11(10)16/h4-6,13,20H,3,7H2,1-2H3. The topological polar surface area (TPSA) is 38.0 Å². The van der Waals surface area contributed by atoms with Gasteiger partial charge >= 0.3 is 0 Å². The first-order chi connectivity index (χ1) is 9.43. The highest BCUT2D eigenvalue weighted by Crippen LogP contribution is 2.31. The van der Waals surface area contributed by atoms with Crippen LogP contribution in [-0.2, 0) is 13.0 Å². The summed E-state index contributed by atoms with van der Waals surface area (Å²) in [6.07, 6.45) is -0.205. The molecule has 1 atom stereocenters. The minimum atomic E-state index is -0.638. The van der Waals surface area contributed by atoms with Gasteiger partial charge in [0.2, 0.25) is 0 Å². The lowest BCUT2D eigenvalue weighted by Gasteiger charge is -2.14. The van der Waals surface area contributed by atoms with E-state index in [1.807, 2.05) is 36.7 Å². The van der Waals surface area contributed by atoms with E-state index in [0.717, 1.165) is 32.4 Å². The van der Waals surface area contributed by atoms with Crippen LogP contribution < -0.4 is 0 Å². The fourth-order valence-corrected chi connectivity index (χ4v) is 3.23. The average molecular weight is 423 g/mol. The van der Waals surface area contributed by atoms with Crippen LogP contribution in [0.4, 0.5) is 0 Å². The van der Waals surface area contributed by atoms with Gasteiger partial charge in [0.15, 0.2) is 0 Å². The van der Waals surface area contributed by atoms with Crippen LogP contribution in [0.1, 0.15) is 30.0 Å². The van der Waals surface area contributed by atoms with E-state index in [9.17, 15) is 5.11 Å². The Hall–Kier alpha value is -0.360. The third kappa shape index (κ3) is 3.27. The fraction of sp³-hybridized carbons (Fsp3) is 0.357. The number of rotatable bonds is 4. The first kappa shape index (κ1) is 16.0. The second-order valence-corrected chi connectivity index (χ2v) is 6.70. The predicted molar refractivity (Wildman–Crippen MR) is 88.2 cm³/mol. The molecule has 1 heterocycles. The molecule has 108 valence electrons. The number of benzene rings is 1. The van der Waals surface area contributed by atoms with Gasteiger partial charge in [-0.05, 0) is 37.6 Å². The Morgan fingerprint density at radius 3 is 2.75 bits per heavy atom. The number of aromatic nitrogens is 2. The lowest BCUT2D eigenvalue weighted by Crippen LogP contribution is -2.09. The van der Waals surface area contributed by atoms with Crippen molar-refractivity contribution in [2.75, 3.05) is 0 Å². The molecule has 0 radical (unpaired) electrons. The molecule has 0 saturated carbocycles. The number of aliphatic hydroxyl groups excluding tert-OH is 1.